The van der Waals surface area contributed by atoms with Crippen LogP contribution in [0.15, 0.2) is 29.1 Å². The molecule has 2 atom stereocenters. The van der Waals surface area contributed by atoms with Crippen molar-refractivity contribution in [2.24, 2.45) is 0 Å². The number of pyridine rings is 1. The number of halogens is 1. The van der Waals surface area contributed by atoms with Crippen molar-refractivity contribution in [3.63, 3.8) is 0 Å². The molecule has 0 radical (unpaired) electrons. The van der Waals surface area contributed by atoms with Crippen molar-refractivity contribution in [2.45, 2.75) is 58.4 Å². The molecule has 0 fully saturated rings. The smallest absolute Gasteiger partial charge is 0.261 e. The quantitative estimate of drug-likeness (QED) is 0.617. The van der Waals surface area contributed by atoms with Gasteiger partial charge in [-0.25, -0.2) is 18.9 Å². The van der Waals surface area contributed by atoms with E-state index in [9.17, 15) is 9.00 Å². The van der Waals surface area contributed by atoms with E-state index in [1.54, 1.807) is 10.6 Å². The predicted molar refractivity (Wildman–Crippen MR) is 122 cm³/mol. The zero-order chi connectivity index (χ0) is 21.8. The van der Waals surface area contributed by atoms with Gasteiger partial charge in [-0.1, -0.05) is 17.7 Å². The molecule has 8 heteroatoms. The second kappa shape index (κ2) is 7.55. The molecule has 0 saturated carbocycles. The van der Waals surface area contributed by atoms with E-state index in [1.807, 2.05) is 52.8 Å². The molecule has 4 rings (SSSR count). The lowest BCUT2D eigenvalue weighted by Crippen LogP contribution is -2.35. The minimum Gasteiger partial charge on any atom is -0.292 e. The maximum atomic E-state index is 13.4. The molecular weight excluding hydrogens is 420 g/mol. The molecule has 0 saturated heterocycles. The van der Waals surface area contributed by atoms with Crippen molar-refractivity contribution in [3.05, 3.63) is 56.6 Å². The number of benzene rings is 1. The van der Waals surface area contributed by atoms with Gasteiger partial charge in [-0.2, -0.15) is 0 Å². The number of fused-ring (bicyclic) bond motifs is 4. The topological polar surface area (TPSA) is 76.9 Å². The number of rotatable bonds is 3. The second-order valence-corrected chi connectivity index (χ2v) is 11.1. The number of aromatic nitrogens is 3. The Hall–Kier alpha value is -2.09. The predicted octanol–water partition coefficient (Wildman–Crippen LogP) is 4.09. The first-order valence-corrected chi connectivity index (χ1v) is 11.5. The molecule has 3 aromatic rings. The lowest BCUT2D eigenvalue weighted by atomic mass is 10.0. The first kappa shape index (κ1) is 21.2. The number of nitrogens with zero attached hydrogens (tertiary/aromatic N) is 3. The lowest BCUT2D eigenvalue weighted by Gasteiger charge is -2.24. The molecule has 30 heavy (non-hydrogen) atoms. The number of hydrogen-bond acceptors (Lipinski definition) is 4. The van der Waals surface area contributed by atoms with Crippen LogP contribution in [0.25, 0.3) is 22.3 Å². The van der Waals surface area contributed by atoms with Gasteiger partial charge in [0.2, 0.25) is 0 Å². The Kier molecular flexibility index (Phi) is 5.33. The van der Waals surface area contributed by atoms with Gasteiger partial charge >= 0.3 is 0 Å². The van der Waals surface area contributed by atoms with Crippen molar-refractivity contribution >= 4 is 33.5 Å². The highest BCUT2D eigenvalue weighted by molar-refractivity contribution is 7.84. The van der Waals surface area contributed by atoms with E-state index >= 15 is 0 Å². The normalized spacial score (nSPS) is 15.5. The maximum Gasteiger partial charge on any atom is 0.261 e. The van der Waals surface area contributed by atoms with Crippen LogP contribution in [-0.2, 0) is 24.0 Å². The summed E-state index contributed by atoms with van der Waals surface area (Å²) in [5, 5.41) is 1.01. The summed E-state index contributed by atoms with van der Waals surface area (Å²) in [5.74, 6) is 0.604. The fourth-order valence-electron chi connectivity index (χ4n) is 3.73. The number of aryl methyl sites for hydroxylation is 2. The average Bonchev–Trinajstić information content (AvgIpc) is 2.67. The highest BCUT2D eigenvalue weighted by atomic mass is 35.5. The van der Waals surface area contributed by atoms with Crippen LogP contribution in [0.3, 0.4) is 0 Å². The van der Waals surface area contributed by atoms with Gasteiger partial charge in [0, 0.05) is 24.6 Å². The first-order chi connectivity index (χ1) is 14.1. The molecule has 2 aromatic heterocycles. The summed E-state index contributed by atoms with van der Waals surface area (Å²) in [5.41, 5.74) is 4.07. The Balaban J connectivity index is 1.93. The van der Waals surface area contributed by atoms with Gasteiger partial charge in [0.25, 0.3) is 5.56 Å². The summed E-state index contributed by atoms with van der Waals surface area (Å²) >= 11 is 6.06. The van der Waals surface area contributed by atoms with E-state index in [0.29, 0.717) is 34.8 Å². The standard InChI is InChI=1S/C22H25ClN4O2S/c1-12-10-15(13(2)26-30(29)22(3,4)5)19-16(11-12)21(28)27-9-8-17-14(20(27)25-19)6-7-18(23)24-17/h6-7,10-11,13,26H,8-9H2,1-5H3/t13-,30-/m1/s1. The number of hydrogen-bond donors (Lipinski definition) is 1. The van der Waals surface area contributed by atoms with Crippen LogP contribution in [0.5, 0.6) is 0 Å². The van der Waals surface area contributed by atoms with Crippen LogP contribution in [0.1, 0.15) is 50.6 Å². The molecular formula is C22H25ClN4O2S. The second-order valence-electron chi connectivity index (χ2n) is 8.74. The van der Waals surface area contributed by atoms with Crippen LogP contribution in [0, 0.1) is 6.92 Å². The molecule has 0 bridgehead atoms. The van der Waals surface area contributed by atoms with E-state index in [4.69, 9.17) is 16.6 Å². The Labute approximate surface area is 183 Å². The Morgan fingerprint density at radius 2 is 1.97 bits per heavy atom. The van der Waals surface area contributed by atoms with Crippen molar-refractivity contribution in [3.8, 4) is 11.4 Å². The first-order valence-electron chi connectivity index (χ1n) is 9.95. The van der Waals surface area contributed by atoms with Gasteiger partial charge in [-0.05, 0) is 63.9 Å². The Bertz CT molecular complexity index is 1250. The molecule has 3 heterocycles. The summed E-state index contributed by atoms with van der Waals surface area (Å²) in [6.07, 6.45) is 0.636. The third-order valence-electron chi connectivity index (χ3n) is 5.29. The summed E-state index contributed by atoms with van der Waals surface area (Å²) < 4.78 is 17.2. The van der Waals surface area contributed by atoms with E-state index in [-0.39, 0.29) is 11.6 Å². The van der Waals surface area contributed by atoms with Crippen molar-refractivity contribution in [1.82, 2.24) is 19.3 Å². The third kappa shape index (κ3) is 3.70. The van der Waals surface area contributed by atoms with Gasteiger partial charge in [-0.3, -0.25) is 9.36 Å². The third-order valence-corrected chi connectivity index (χ3v) is 7.18. The van der Waals surface area contributed by atoms with Crippen LogP contribution in [0.2, 0.25) is 5.15 Å². The van der Waals surface area contributed by atoms with Crippen molar-refractivity contribution in [2.75, 3.05) is 0 Å². The van der Waals surface area contributed by atoms with E-state index < -0.39 is 15.7 Å². The fourth-order valence-corrected chi connectivity index (χ4v) is 4.70. The molecule has 0 aliphatic carbocycles. The fraction of sp³-hybridized carbons (Fsp3) is 0.409. The molecule has 1 aliphatic rings. The zero-order valence-electron chi connectivity index (χ0n) is 17.7. The van der Waals surface area contributed by atoms with Crippen LogP contribution in [-0.4, -0.2) is 23.5 Å². The minimum atomic E-state index is -1.25. The molecule has 1 N–H and O–H groups in total. The van der Waals surface area contributed by atoms with E-state index in [1.165, 1.54) is 0 Å². The van der Waals surface area contributed by atoms with Crippen molar-refractivity contribution in [1.29, 1.82) is 0 Å². The Morgan fingerprint density at radius 3 is 2.67 bits per heavy atom. The largest absolute Gasteiger partial charge is 0.292 e. The molecule has 158 valence electrons. The van der Waals surface area contributed by atoms with Crippen LogP contribution < -0.4 is 10.3 Å². The number of nitrogens with one attached hydrogen (secondary N) is 1. The zero-order valence-corrected chi connectivity index (χ0v) is 19.3. The molecule has 0 amide bonds. The lowest BCUT2D eigenvalue weighted by molar-refractivity contribution is 0.616. The van der Waals surface area contributed by atoms with Crippen LogP contribution in [0.4, 0.5) is 0 Å². The van der Waals surface area contributed by atoms with Gasteiger partial charge in [-0.15, -0.1) is 0 Å². The molecule has 0 spiro atoms. The van der Waals surface area contributed by atoms with Gasteiger partial charge in [0.05, 0.1) is 32.3 Å². The molecule has 1 aromatic carbocycles. The van der Waals surface area contributed by atoms with E-state index in [0.717, 1.165) is 22.4 Å². The minimum absolute atomic E-state index is 0.0651. The van der Waals surface area contributed by atoms with Crippen molar-refractivity contribution < 1.29 is 4.21 Å². The van der Waals surface area contributed by atoms with E-state index in [2.05, 4.69) is 9.71 Å². The summed E-state index contributed by atoms with van der Waals surface area (Å²) in [4.78, 5) is 22.7. The highest BCUT2D eigenvalue weighted by Crippen LogP contribution is 2.31. The van der Waals surface area contributed by atoms with Gasteiger partial charge < -0.3 is 0 Å². The summed E-state index contributed by atoms with van der Waals surface area (Å²) in [6, 6.07) is 7.24. The summed E-state index contributed by atoms with van der Waals surface area (Å²) in [6.45, 7) is 10.2. The van der Waals surface area contributed by atoms with Gasteiger partial charge in [0.1, 0.15) is 11.0 Å². The SMILES string of the molecule is Cc1cc([C@@H](C)N[S@](=O)C(C)(C)C)c2nc3n(c(=O)c2c1)CCc1nc(Cl)ccc1-3. The highest BCUT2D eigenvalue weighted by Gasteiger charge is 2.26. The monoisotopic (exact) mass is 444 g/mol. The Morgan fingerprint density at radius 1 is 1.23 bits per heavy atom. The molecule has 1 aliphatic heterocycles. The maximum absolute atomic E-state index is 13.4. The van der Waals surface area contributed by atoms with Gasteiger partial charge in [0.15, 0.2) is 0 Å². The molecule has 0 unspecified atom stereocenters. The van der Waals surface area contributed by atoms with Crippen LogP contribution >= 0.6 is 11.6 Å². The summed E-state index contributed by atoms with van der Waals surface area (Å²) in [7, 11) is -1.25. The average molecular weight is 445 g/mol. The molecule has 6 nitrogen and oxygen atoms in total.